The van der Waals surface area contributed by atoms with E-state index in [1.165, 1.54) is 24.8 Å². The lowest BCUT2D eigenvalue weighted by atomic mass is 10.1. The molecule has 1 rings (SSSR count). The minimum atomic E-state index is 0.0761. The monoisotopic (exact) mass is 262 g/mol. The van der Waals surface area contributed by atoms with E-state index < -0.39 is 0 Å². The van der Waals surface area contributed by atoms with Crippen molar-refractivity contribution in [3.63, 3.8) is 0 Å². The van der Waals surface area contributed by atoms with E-state index in [1.54, 1.807) is 0 Å². The molecule has 0 aromatic heterocycles. The molecule has 0 saturated heterocycles. The summed E-state index contributed by atoms with van der Waals surface area (Å²) in [5, 5.41) is 6.21. The third kappa shape index (κ3) is 6.97. The zero-order valence-corrected chi connectivity index (χ0v) is 12.2. The fraction of sp³-hybridized carbons (Fsp3) is 0.562. The maximum Gasteiger partial charge on any atom is 0.225 e. The van der Waals surface area contributed by atoms with Gasteiger partial charge in [-0.3, -0.25) is 4.79 Å². The largest absolute Gasteiger partial charge is 0.326 e. The Kier molecular flexibility index (Phi) is 7.91. The van der Waals surface area contributed by atoms with Crippen LogP contribution in [-0.4, -0.2) is 19.0 Å². The Labute approximate surface area is 116 Å². The lowest BCUT2D eigenvalue weighted by Crippen LogP contribution is -2.22. The van der Waals surface area contributed by atoms with Gasteiger partial charge in [-0.15, -0.1) is 0 Å². The molecule has 3 nitrogen and oxygen atoms in total. The Morgan fingerprint density at radius 3 is 2.42 bits per heavy atom. The molecule has 0 aliphatic heterocycles. The van der Waals surface area contributed by atoms with Crippen molar-refractivity contribution in [1.29, 1.82) is 0 Å². The molecule has 1 aromatic rings. The van der Waals surface area contributed by atoms with Crippen LogP contribution in [0.15, 0.2) is 24.3 Å². The van der Waals surface area contributed by atoms with Gasteiger partial charge in [0.05, 0.1) is 0 Å². The van der Waals surface area contributed by atoms with Gasteiger partial charge in [-0.05, 0) is 37.1 Å². The van der Waals surface area contributed by atoms with Gasteiger partial charge in [0.2, 0.25) is 5.91 Å². The summed E-state index contributed by atoms with van der Waals surface area (Å²) in [5.74, 6) is 0.0761. The average Bonchev–Trinajstić information content (AvgIpc) is 2.43. The smallest absolute Gasteiger partial charge is 0.225 e. The van der Waals surface area contributed by atoms with Crippen LogP contribution in [0.5, 0.6) is 0 Å². The van der Waals surface area contributed by atoms with E-state index in [9.17, 15) is 4.79 Å². The molecular formula is C16H26N2O. The van der Waals surface area contributed by atoms with Gasteiger partial charge in [-0.25, -0.2) is 0 Å². The molecule has 0 spiro atoms. The van der Waals surface area contributed by atoms with E-state index in [4.69, 9.17) is 0 Å². The number of hydrogen-bond donors (Lipinski definition) is 2. The van der Waals surface area contributed by atoms with E-state index in [0.717, 1.165) is 25.2 Å². The van der Waals surface area contributed by atoms with Crippen molar-refractivity contribution in [3.8, 4) is 0 Å². The Balaban J connectivity index is 2.16. The number of rotatable bonds is 9. The number of unbranched alkanes of at least 4 members (excludes halogenated alkanes) is 2. The van der Waals surface area contributed by atoms with Crippen LogP contribution in [0.2, 0.25) is 0 Å². The normalized spacial score (nSPS) is 10.4. The van der Waals surface area contributed by atoms with Crippen LogP contribution in [0.4, 0.5) is 5.69 Å². The zero-order valence-electron chi connectivity index (χ0n) is 12.2. The van der Waals surface area contributed by atoms with E-state index in [-0.39, 0.29) is 5.91 Å². The number of amides is 1. The highest BCUT2D eigenvalue weighted by atomic mass is 16.1. The predicted molar refractivity (Wildman–Crippen MR) is 81.5 cm³/mol. The number of carbonyl (C=O) groups excluding carboxylic acids is 1. The van der Waals surface area contributed by atoms with Crippen molar-refractivity contribution in [2.75, 3.05) is 18.4 Å². The van der Waals surface area contributed by atoms with Crippen LogP contribution >= 0.6 is 0 Å². The first-order valence-electron chi connectivity index (χ1n) is 7.35. The molecule has 0 saturated carbocycles. The quantitative estimate of drug-likeness (QED) is 0.670. The summed E-state index contributed by atoms with van der Waals surface area (Å²) in [4.78, 5) is 11.7. The van der Waals surface area contributed by atoms with Crippen LogP contribution in [0, 0.1) is 0 Å². The molecule has 0 fully saturated rings. The number of aryl methyl sites for hydroxylation is 1. The van der Waals surface area contributed by atoms with Gasteiger partial charge in [-0.2, -0.15) is 0 Å². The van der Waals surface area contributed by atoms with Gasteiger partial charge in [0.1, 0.15) is 0 Å². The van der Waals surface area contributed by atoms with Crippen LogP contribution < -0.4 is 10.6 Å². The fourth-order valence-electron chi connectivity index (χ4n) is 1.87. The summed E-state index contributed by atoms with van der Waals surface area (Å²) >= 11 is 0. The number of nitrogens with one attached hydrogen (secondary N) is 2. The van der Waals surface area contributed by atoms with Crippen LogP contribution in [0.25, 0.3) is 0 Å². The molecule has 2 N–H and O–H groups in total. The van der Waals surface area contributed by atoms with Crippen LogP contribution in [0.3, 0.4) is 0 Å². The van der Waals surface area contributed by atoms with Gasteiger partial charge in [0.25, 0.3) is 0 Å². The second kappa shape index (κ2) is 9.56. The molecule has 0 radical (unpaired) electrons. The van der Waals surface area contributed by atoms with Gasteiger partial charge in [0, 0.05) is 18.7 Å². The molecule has 0 heterocycles. The standard InChI is InChI=1S/C16H26N2O/c1-3-5-6-12-17-13-11-16(19)18-15-9-7-14(4-2)8-10-15/h7-10,17H,3-6,11-13H2,1-2H3,(H,18,19). The predicted octanol–water partition coefficient (Wildman–Crippen LogP) is 3.36. The highest BCUT2D eigenvalue weighted by Crippen LogP contribution is 2.10. The summed E-state index contributed by atoms with van der Waals surface area (Å²) in [6.45, 7) is 6.07. The molecule has 1 aromatic carbocycles. The van der Waals surface area contributed by atoms with E-state index in [1.807, 2.05) is 12.1 Å². The fourth-order valence-corrected chi connectivity index (χ4v) is 1.87. The Morgan fingerprint density at radius 2 is 1.79 bits per heavy atom. The van der Waals surface area contributed by atoms with Gasteiger partial charge in [-0.1, -0.05) is 38.8 Å². The number of hydrogen-bond acceptors (Lipinski definition) is 2. The first-order chi connectivity index (χ1) is 9.26. The van der Waals surface area contributed by atoms with E-state index in [0.29, 0.717) is 6.42 Å². The van der Waals surface area contributed by atoms with Gasteiger partial charge < -0.3 is 10.6 Å². The number of anilines is 1. The highest BCUT2D eigenvalue weighted by molar-refractivity contribution is 5.90. The summed E-state index contributed by atoms with van der Waals surface area (Å²) in [7, 11) is 0. The van der Waals surface area contributed by atoms with Crippen molar-refractivity contribution >= 4 is 11.6 Å². The van der Waals surface area contributed by atoms with E-state index in [2.05, 4.69) is 36.6 Å². The molecular weight excluding hydrogens is 236 g/mol. The van der Waals surface area contributed by atoms with E-state index >= 15 is 0 Å². The molecule has 0 aliphatic rings. The Bertz CT molecular complexity index is 360. The van der Waals surface area contributed by atoms with Crippen LogP contribution in [0.1, 0.15) is 45.1 Å². The molecule has 3 heteroatoms. The Hall–Kier alpha value is -1.35. The van der Waals surface area contributed by atoms with Crippen LogP contribution in [-0.2, 0) is 11.2 Å². The third-order valence-corrected chi connectivity index (χ3v) is 3.13. The molecule has 106 valence electrons. The molecule has 0 bridgehead atoms. The first kappa shape index (κ1) is 15.7. The molecule has 19 heavy (non-hydrogen) atoms. The SMILES string of the molecule is CCCCCNCCC(=O)Nc1ccc(CC)cc1. The van der Waals surface area contributed by atoms with Crippen molar-refractivity contribution in [1.82, 2.24) is 5.32 Å². The minimum Gasteiger partial charge on any atom is -0.326 e. The second-order valence-corrected chi connectivity index (χ2v) is 4.81. The maximum atomic E-state index is 11.7. The number of carbonyl (C=O) groups is 1. The zero-order chi connectivity index (χ0) is 13.9. The topological polar surface area (TPSA) is 41.1 Å². The number of benzene rings is 1. The third-order valence-electron chi connectivity index (χ3n) is 3.13. The summed E-state index contributed by atoms with van der Waals surface area (Å²) in [6.07, 6.45) is 5.23. The summed E-state index contributed by atoms with van der Waals surface area (Å²) in [5.41, 5.74) is 2.17. The van der Waals surface area contributed by atoms with Crippen molar-refractivity contribution in [2.45, 2.75) is 46.0 Å². The summed E-state index contributed by atoms with van der Waals surface area (Å²) in [6, 6.07) is 8.04. The Morgan fingerprint density at radius 1 is 1.05 bits per heavy atom. The first-order valence-corrected chi connectivity index (χ1v) is 7.35. The maximum absolute atomic E-state index is 11.7. The lowest BCUT2D eigenvalue weighted by Gasteiger charge is -2.07. The van der Waals surface area contributed by atoms with Gasteiger partial charge >= 0.3 is 0 Å². The molecule has 0 atom stereocenters. The molecule has 0 aliphatic carbocycles. The minimum absolute atomic E-state index is 0.0761. The van der Waals surface area contributed by atoms with Crippen molar-refractivity contribution in [3.05, 3.63) is 29.8 Å². The van der Waals surface area contributed by atoms with Crippen molar-refractivity contribution in [2.24, 2.45) is 0 Å². The second-order valence-electron chi connectivity index (χ2n) is 4.81. The highest BCUT2D eigenvalue weighted by Gasteiger charge is 2.01. The molecule has 0 unspecified atom stereocenters. The summed E-state index contributed by atoms with van der Waals surface area (Å²) < 4.78 is 0. The average molecular weight is 262 g/mol. The van der Waals surface area contributed by atoms with Gasteiger partial charge in [0.15, 0.2) is 0 Å². The lowest BCUT2D eigenvalue weighted by molar-refractivity contribution is -0.116. The molecule has 1 amide bonds. The van der Waals surface area contributed by atoms with Crippen molar-refractivity contribution < 1.29 is 4.79 Å².